The Hall–Kier alpha value is -2.38. The minimum Gasteiger partial charge on any atom is -0.465 e. The van der Waals surface area contributed by atoms with E-state index in [4.69, 9.17) is 11.6 Å². The second-order valence-electron chi connectivity index (χ2n) is 4.95. The zero-order valence-electron chi connectivity index (χ0n) is 12.4. The minimum absolute atomic E-state index is 0.228. The molecule has 0 saturated heterocycles. The SMILES string of the molecule is COC(=O)C1=CN(c2ccc(Cl)cc2)c2ccc(F)cc2S1(=O)=O. The Bertz CT molecular complexity index is 955. The highest BCUT2D eigenvalue weighted by atomic mass is 35.5. The van der Waals surface area contributed by atoms with E-state index < -0.39 is 26.5 Å². The molecule has 0 bridgehead atoms. The van der Waals surface area contributed by atoms with Gasteiger partial charge in [-0.1, -0.05) is 11.6 Å². The fraction of sp³-hybridized carbons (Fsp3) is 0.0625. The van der Waals surface area contributed by atoms with Gasteiger partial charge >= 0.3 is 5.97 Å². The molecule has 1 aliphatic heterocycles. The number of halogens is 2. The average molecular weight is 368 g/mol. The summed E-state index contributed by atoms with van der Waals surface area (Å²) in [6, 6.07) is 9.90. The van der Waals surface area contributed by atoms with Crippen LogP contribution in [0.5, 0.6) is 0 Å². The van der Waals surface area contributed by atoms with Gasteiger partial charge in [-0.15, -0.1) is 0 Å². The molecule has 0 unspecified atom stereocenters. The highest BCUT2D eigenvalue weighted by Crippen LogP contribution is 2.40. The van der Waals surface area contributed by atoms with Gasteiger partial charge in [0.25, 0.3) is 0 Å². The molecular formula is C16H11ClFNO4S. The molecule has 2 aromatic carbocycles. The van der Waals surface area contributed by atoms with E-state index in [2.05, 4.69) is 4.74 Å². The van der Waals surface area contributed by atoms with Crippen LogP contribution in [0.1, 0.15) is 0 Å². The van der Waals surface area contributed by atoms with Crippen molar-refractivity contribution in [3.8, 4) is 0 Å². The number of ether oxygens (including phenoxy) is 1. The zero-order valence-corrected chi connectivity index (χ0v) is 13.9. The van der Waals surface area contributed by atoms with Crippen LogP contribution in [0, 0.1) is 5.82 Å². The largest absolute Gasteiger partial charge is 0.465 e. The van der Waals surface area contributed by atoms with Gasteiger partial charge in [0.15, 0.2) is 4.91 Å². The van der Waals surface area contributed by atoms with Gasteiger partial charge in [-0.2, -0.15) is 0 Å². The van der Waals surface area contributed by atoms with Crippen molar-refractivity contribution < 1.29 is 22.3 Å². The van der Waals surface area contributed by atoms with Crippen molar-refractivity contribution >= 4 is 38.8 Å². The van der Waals surface area contributed by atoms with E-state index in [9.17, 15) is 17.6 Å². The maximum atomic E-state index is 13.6. The number of benzene rings is 2. The van der Waals surface area contributed by atoms with Crippen molar-refractivity contribution in [1.29, 1.82) is 0 Å². The number of methoxy groups -OCH3 is 1. The van der Waals surface area contributed by atoms with Crippen LogP contribution >= 0.6 is 11.6 Å². The number of fused-ring (bicyclic) bond motifs is 1. The predicted molar refractivity (Wildman–Crippen MR) is 87.3 cm³/mol. The summed E-state index contributed by atoms with van der Waals surface area (Å²) >= 11 is 5.86. The van der Waals surface area contributed by atoms with Gasteiger partial charge in [-0.05, 0) is 42.5 Å². The van der Waals surface area contributed by atoms with E-state index in [1.54, 1.807) is 24.3 Å². The van der Waals surface area contributed by atoms with Crippen LogP contribution in [0.4, 0.5) is 15.8 Å². The summed E-state index contributed by atoms with van der Waals surface area (Å²) in [7, 11) is -3.11. The molecule has 3 rings (SSSR count). The Morgan fingerprint density at radius 1 is 1.17 bits per heavy atom. The fourth-order valence-electron chi connectivity index (χ4n) is 2.36. The van der Waals surface area contributed by atoms with Gasteiger partial charge in [0, 0.05) is 16.9 Å². The van der Waals surface area contributed by atoms with E-state index >= 15 is 0 Å². The van der Waals surface area contributed by atoms with Gasteiger partial charge in [-0.25, -0.2) is 17.6 Å². The van der Waals surface area contributed by atoms with Crippen LogP contribution in [0.3, 0.4) is 0 Å². The summed E-state index contributed by atoms with van der Waals surface area (Å²) in [6.07, 6.45) is 1.16. The molecular weight excluding hydrogens is 357 g/mol. The van der Waals surface area contributed by atoms with Crippen LogP contribution in [0.25, 0.3) is 0 Å². The molecule has 0 spiro atoms. The monoisotopic (exact) mass is 367 g/mol. The molecule has 0 aliphatic carbocycles. The third-order valence-corrected chi connectivity index (χ3v) is 5.51. The smallest absolute Gasteiger partial charge is 0.351 e. The first-order chi connectivity index (χ1) is 11.3. The Labute approximate surface area is 142 Å². The van der Waals surface area contributed by atoms with Gasteiger partial charge < -0.3 is 9.64 Å². The lowest BCUT2D eigenvalue weighted by Crippen LogP contribution is -2.26. The molecule has 5 nitrogen and oxygen atoms in total. The summed E-state index contributed by atoms with van der Waals surface area (Å²) in [5.74, 6) is -1.75. The summed E-state index contributed by atoms with van der Waals surface area (Å²) < 4.78 is 43.3. The highest BCUT2D eigenvalue weighted by molar-refractivity contribution is 7.96. The van der Waals surface area contributed by atoms with Crippen LogP contribution in [0.2, 0.25) is 5.02 Å². The van der Waals surface area contributed by atoms with Gasteiger partial charge in [0.1, 0.15) is 5.82 Å². The van der Waals surface area contributed by atoms with E-state index in [1.807, 2.05) is 0 Å². The van der Waals surface area contributed by atoms with Crippen molar-refractivity contribution in [1.82, 2.24) is 0 Å². The number of hydrogen-bond donors (Lipinski definition) is 0. The van der Waals surface area contributed by atoms with Crippen LogP contribution < -0.4 is 4.90 Å². The second-order valence-corrected chi connectivity index (χ2v) is 7.27. The minimum atomic E-state index is -4.19. The Balaban J connectivity index is 2.28. The zero-order chi connectivity index (χ0) is 17.5. The van der Waals surface area contributed by atoms with Crippen LogP contribution in [0.15, 0.2) is 58.5 Å². The molecule has 0 fully saturated rings. The summed E-state index contributed by atoms with van der Waals surface area (Å²) in [4.78, 5) is 12.5. The standard InChI is InChI=1S/C16H11ClFNO4S/c1-23-16(20)15-9-19(12-5-2-10(17)3-6-12)13-7-4-11(18)8-14(13)24(15,21)22/h2-9H,1H3. The molecule has 2 aromatic rings. The number of hydrogen-bond acceptors (Lipinski definition) is 5. The fourth-order valence-corrected chi connectivity index (χ4v) is 3.97. The number of rotatable bonds is 2. The highest BCUT2D eigenvalue weighted by Gasteiger charge is 2.36. The molecule has 1 aliphatic rings. The van der Waals surface area contributed by atoms with Crippen molar-refractivity contribution in [2.75, 3.05) is 12.0 Å². The molecule has 0 saturated carbocycles. The first-order valence-electron chi connectivity index (χ1n) is 6.74. The topological polar surface area (TPSA) is 63.7 Å². The van der Waals surface area contributed by atoms with Crippen LogP contribution in [-0.2, 0) is 19.4 Å². The third kappa shape index (κ3) is 2.65. The summed E-state index contributed by atoms with van der Waals surface area (Å²) in [6.45, 7) is 0. The number of esters is 1. The van der Waals surface area contributed by atoms with E-state index in [1.165, 1.54) is 11.0 Å². The van der Waals surface area contributed by atoms with Gasteiger partial charge in [0.05, 0.1) is 17.7 Å². The van der Waals surface area contributed by atoms with Gasteiger partial charge in [0.2, 0.25) is 9.84 Å². The van der Waals surface area contributed by atoms with Crippen molar-refractivity contribution in [2.45, 2.75) is 4.90 Å². The van der Waals surface area contributed by atoms with E-state index in [-0.39, 0.29) is 10.6 Å². The Morgan fingerprint density at radius 3 is 2.46 bits per heavy atom. The maximum Gasteiger partial charge on any atom is 0.351 e. The Morgan fingerprint density at radius 2 is 1.83 bits per heavy atom. The molecule has 24 heavy (non-hydrogen) atoms. The quantitative estimate of drug-likeness (QED) is 0.761. The van der Waals surface area contributed by atoms with E-state index in [0.717, 1.165) is 25.4 Å². The Kier molecular flexibility index (Phi) is 4.06. The number of carbonyl (C=O) groups is 1. The third-order valence-electron chi connectivity index (χ3n) is 3.50. The van der Waals surface area contributed by atoms with Crippen LogP contribution in [-0.4, -0.2) is 21.5 Å². The molecule has 0 N–H and O–H groups in total. The normalized spacial score (nSPS) is 15.5. The molecule has 0 aromatic heterocycles. The number of anilines is 2. The first-order valence-corrected chi connectivity index (χ1v) is 8.60. The lowest BCUT2D eigenvalue weighted by Gasteiger charge is -2.28. The number of sulfone groups is 1. The van der Waals surface area contributed by atoms with Crippen molar-refractivity contribution in [3.05, 3.63) is 64.4 Å². The molecule has 0 atom stereocenters. The molecule has 124 valence electrons. The summed E-state index contributed by atoms with van der Waals surface area (Å²) in [5.41, 5.74) is 0.787. The predicted octanol–water partition coefficient (Wildman–Crippen LogP) is 3.42. The molecule has 0 radical (unpaired) electrons. The van der Waals surface area contributed by atoms with Crippen molar-refractivity contribution in [3.63, 3.8) is 0 Å². The van der Waals surface area contributed by atoms with E-state index in [0.29, 0.717) is 10.7 Å². The molecule has 0 amide bonds. The second kappa shape index (κ2) is 5.92. The molecule has 1 heterocycles. The maximum absolute atomic E-state index is 13.6. The lowest BCUT2D eigenvalue weighted by molar-refractivity contribution is -0.135. The number of nitrogens with zero attached hydrogens (tertiary/aromatic N) is 1. The van der Waals surface area contributed by atoms with Gasteiger partial charge in [-0.3, -0.25) is 0 Å². The summed E-state index contributed by atoms with van der Waals surface area (Å²) in [5, 5.41) is 0.500. The molecule has 8 heteroatoms. The first kappa shape index (κ1) is 16.5. The lowest BCUT2D eigenvalue weighted by atomic mass is 10.2. The average Bonchev–Trinajstić information content (AvgIpc) is 2.56. The van der Waals surface area contributed by atoms with Crippen molar-refractivity contribution in [2.24, 2.45) is 0 Å². The number of carbonyl (C=O) groups excluding carboxylic acids is 1.